The average Bonchev–Trinajstić information content (AvgIpc) is 2.46. The molecule has 2 rings (SSSR count). The maximum atomic E-state index is 12.6. The van der Waals surface area contributed by atoms with Crippen molar-refractivity contribution < 1.29 is 4.79 Å². The molecule has 2 aromatic rings. The van der Waals surface area contributed by atoms with E-state index in [1.54, 1.807) is 24.3 Å². The third-order valence-electron chi connectivity index (χ3n) is 2.95. The lowest BCUT2D eigenvalue weighted by molar-refractivity contribution is 0.103. The van der Waals surface area contributed by atoms with Crippen LogP contribution in [0.3, 0.4) is 0 Å². The predicted octanol–water partition coefficient (Wildman–Crippen LogP) is 2.55. The minimum atomic E-state index is -0.407. The van der Waals surface area contributed by atoms with Gasteiger partial charge in [0.1, 0.15) is 27.2 Å². The zero-order valence-corrected chi connectivity index (χ0v) is 13.2. The fourth-order valence-electron chi connectivity index (χ4n) is 1.87. The summed E-state index contributed by atoms with van der Waals surface area (Å²) in [6, 6.07) is 10.7. The number of carbonyl (C=O) groups is 1. The molecule has 0 saturated carbocycles. The van der Waals surface area contributed by atoms with Crippen LogP contribution in [-0.4, -0.2) is 10.8 Å². The molecule has 1 heterocycles. The van der Waals surface area contributed by atoms with Crippen LogP contribution in [0.25, 0.3) is 0 Å². The molecule has 102 valence electrons. The Balaban J connectivity index is 2.74. The molecular formula is C15H9IN4O. The Bertz CT molecular complexity index is 775. The molecule has 1 aromatic heterocycles. The van der Waals surface area contributed by atoms with Gasteiger partial charge in [0.25, 0.3) is 0 Å². The van der Waals surface area contributed by atoms with Crippen molar-refractivity contribution >= 4 is 34.2 Å². The lowest BCUT2D eigenvalue weighted by atomic mass is 9.95. The largest absolute Gasteiger partial charge is 0.383 e. The van der Waals surface area contributed by atoms with E-state index in [-0.39, 0.29) is 22.5 Å². The molecule has 0 aliphatic heterocycles. The molecule has 6 heteroatoms. The van der Waals surface area contributed by atoms with Crippen LogP contribution in [0.5, 0.6) is 0 Å². The van der Waals surface area contributed by atoms with Gasteiger partial charge >= 0.3 is 0 Å². The highest BCUT2D eigenvalue weighted by Gasteiger charge is 2.24. The number of nitrogen functional groups attached to an aromatic ring is 1. The smallest absolute Gasteiger partial charge is 0.195 e. The highest BCUT2D eigenvalue weighted by molar-refractivity contribution is 14.1. The van der Waals surface area contributed by atoms with Gasteiger partial charge in [-0.3, -0.25) is 4.79 Å². The first-order valence-corrected chi connectivity index (χ1v) is 6.98. The SMILES string of the molecule is Cc1ccc(C(=O)c2c(C#N)c(N)nc(I)c2C#N)cc1. The van der Waals surface area contributed by atoms with Crippen LogP contribution in [0.4, 0.5) is 5.82 Å². The lowest BCUT2D eigenvalue weighted by Crippen LogP contribution is -2.12. The van der Waals surface area contributed by atoms with Crippen molar-refractivity contribution in [1.29, 1.82) is 10.5 Å². The van der Waals surface area contributed by atoms with Gasteiger partial charge in [0.15, 0.2) is 5.78 Å². The number of nitrogens with two attached hydrogens (primary N) is 1. The molecule has 1 aromatic carbocycles. The normalized spacial score (nSPS) is 9.71. The first kappa shape index (κ1) is 14.9. The molecule has 0 aliphatic carbocycles. The molecule has 2 N–H and O–H groups in total. The standard InChI is InChI=1S/C15H9IN4O/c1-8-2-4-9(5-3-8)13(21)12-10(6-17)14(16)20-15(19)11(12)7-18/h2-5H,1H3,(H2,19,20). The van der Waals surface area contributed by atoms with Crippen LogP contribution in [0.1, 0.15) is 32.6 Å². The van der Waals surface area contributed by atoms with Gasteiger partial charge in [-0.15, -0.1) is 0 Å². The molecule has 0 atom stereocenters. The summed E-state index contributed by atoms with van der Waals surface area (Å²) in [6.45, 7) is 1.91. The summed E-state index contributed by atoms with van der Waals surface area (Å²) < 4.78 is 0.307. The predicted molar refractivity (Wildman–Crippen MR) is 85.4 cm³/mol. The number of anilines is 1. The summed E-state index contributed by atoms with van der Waals surface area (Å²) in [6.07, 6.45) is 0. The third-order valence-corrected chi connectivity index (χ3v) is 3.73. The van der Waals surface area contributed by atoms with E-state index >= 15 is 0 Å². The van der Waals surface area contributed by atoms with Crippen molar-refractivity contribution in [1.82, 2.24) is 4.98 Å². The zero-order valence-electron chi connectivity index (χ0n) is 11.0. The van der Waals surface area contributed by atoms with Crippen LogP contribution < -0.4 is 5.73 Å². The van der Waals surface area contributed by atoms with Crippen molar-refractivity contribution in [3.8, 4) is 12.1 Å². The Labute approximate surface area is 135 Å². The highest BCUT2D eigenvalue weighted by atomic mass is 127. The van der Waals surface area contributed by atoms with Gasteiger partial charge in [-0.25, -0.2) is 4.98 Å². The Morgan fingerprint density at radius 2 is 1.76 bits per heavy atom. The number of benzene rings is 1. The number of halogens is 1. The van der Waals surface area contributed by atoms with Crippen molar-refractivity contribution in [3.63, 3.8) is 0 Å². The summed E-state index contributed by atoms with van der Waals surface area (Å²) in [5.74, 6) is -0.452. The zero-order chi connectivity index (χ0) is 15.6. The third kappa shape index (κ3) is 2.71. The summed E-state index contributed by atoms with van der Waals surface area (Å²) in [7, 11) is 0. The number of pyridine rings is 1. The summed E-state index contributed by atoms with van der Waals surface area (Å²) >= 11 is 1.83. The molecule has 5 nitrogen and oxygen atoms in total. The fourth-order valence-corrected chi connectivity index (χ4v) is 2.52. The van der Waals surface area contributed by atoms with Crippen LogP contribution in [0, 0.1) is 33.3 Å². The number of rotatable bonds is 2. The Kier molecular flexibility index (Phi) is 4.20. The molecule has 0 spiro atoms. The molecule has 0 bridgehead atoms. The quantitative estimate of drug-likeness (QED) is 0.484. The molecule has 21 heavy (non-hydrogen) atoms. The van der Waals surface area contributed by atoms with Gasteiger partial charge in [-0.2, -0.15) is 10.5 Å². The maximum absolute atomic E-state index is 12.6. The molecule has 0 radical (unpaired) electrons. The molecule has 0 fully saturated rings. The number of aromatic nitrogens is 1. The number of nitrogens with zero attached hydrogens (tertiary/aromatic N) is 3. The van der Waals surface area contributed by atoms with Gasteiger partial charge in [-0.05, 0) is 29.5 Å². The Morgan fingerprint density at radius 3 is 2.29 bits per heavy atom. The monoisotopic (exact) mass is 388 g/mol. The van der Waals surface area contributed by atoms with Gasteiger partial charge in [0.2, 0.25) is 0 Å². The molecule has 0 saturated heterocycles. The van der Waals surface area contributed by atoms with Crippen molar-refractivity contribution in [2.45, 2.75) is 6.92 Å². The van der Waals surface area contributed by atoms with E-state index in [2.05, 4.69) is 4.98 Å². The van der Waals surface area contributed by atoms with Crippen molar-refractivity contribution in [3.05, 3.63) is 55.8 Å². The first-order chi connectivity index (χ1) is 9.99. The van der Waals surface area contributed by atoms with Crippen molar-refractivity contribution in [2.75, 3.05) is 5.73 Å². The highest BCUT2D eigenvalue weighted by Crippen LogP contribution is 2.25. The number of ketones is 1. The average molecular weight is 388 g/mol. The lowest BCUT2D eigenvalue weighted by Gasteiger charge is -2.09. The molecule has 0 amide bonds. The molecular weight excluding hydrogens is 379 g/mol. The summed E-state index contributed by atoms with van der Waals surface area (Å²) in [5, 5.41) is 18.5. The second-order valence-electron chi connectivity index (χ2n) is 4.33. The fraction of sp³-hybridized carbons (Fsp3) is 0.0667. The minimum absolute atomic E-state index is 0.0146. The second-order valence-corrected chi connectivity index (χ2v) is 5.35. The van der Waals surface area contributed by atoms with E-state index in [0.29, 0.717) is 9.26 Å². The minimum Gasteiger partial charge on any atom is -0.383 e. The number of carbonyl (C=O) groups excluding carboxylic acids is 1. The Hall–Kier alpha value is -2.45. The van der Waals surface area contributed by atoms with E-state index in [0.717, 1.165) is 5.56 Å². The molecule has 0 aliphatic rings. The number of hydrogen-bond acceptors (Lipinski definition) is 5. The van der Waals surface area contributed by atoms with Crippen molar-refractivity contribution in [2.24, 2.45) is 0 Å². The van der Waals surface area contributed by atoms with Crippen LogP contribution in [0.15, 0.2) is 24.3 Å². The van der Waals surface area contributed by atoms with E-state index in [1.807, 2.05) is 41.7 Å². The number of nitriles is 2. The van der Waals surface area contributed by atoms with Crippen LogP contribution >= 0.6 is 22.6 Å². The van der Waals surface area contributed by atoms with Gasteiger partial charge in [-0.1, -0.05) is 29.8 Å². The first-order valence-electron chi connectivity index (χ1n) is 5.90. The van der Waals surface area contributed by atoms with Gasteiger partial charge in [0.05, 0.1) is 11.1 Å². The summed E-state index contributed by atoms with van der Waals surface area (Å²) in [5.41, 5.74) is 7.14. The Morgan fingerprint density at radius 1 is 1.19 bits per heavy atom. The molecule has 0 unspecified atom stereocenters. The second kappa shape index (κ2) is 5.90. The number of aryl methyl sites for hydroxylation is 1. The maximum Gasteiger partial charge on any atom is 0.195 e. The van der Waals surface area contributed by atoms with Crippen LogP contribution in [0.2, 0.25) is 0 Å². The van der Waals surface area contributed by atoms with E-state index in [4.69, 9.17) is 5.73 Å². The van der Waals surface area contributed by atoms with Gasteiger partial charge < -0.3 is 5.73 Å². The topological polar surface area (TPSA) is 104 Å². The summed E-state index contributed by atoms with van der Waals surface area (Å²) in [4.78, 5) is 16.6. The van der Waals surface area contributed by atoms with E-state index in [1.165, 1.54) is 0 Å². The number of hydrogen-bond donors (Lipinski definition) is 1. The van der Waals surface area contributed by atoms with Crippen LogP contribution in [-0.2, 0) is 0 Å². The van der Waals surface area contributed by atoms with Gasteiger partial charge in [0, 0.05) is 5.56 Å². The van der Waals surface area contributed by atoms with E-state index in [9.17, 15) is 15.3 Å². The van der Waals surface area contributed by atoms with E-state index < -0.39 is 5.78 Å².